The summed E-state index contributed by atoms with van der Waals surface area (Å²) in [5, 5.41) is 71.2. The Kier molecular flexibility index (Phi) is 42.2. The van der Waals surface area contributed by atoms with E-state index in [-0.39, 0.29) is 89.0 Å². The lowest BCUT2D eigenvalue weighted by Crippen LogP contribution is -2.62. The number of carbonyl (C=O) groups excluding carboxylic acids is 17. The number of likely N-dealkylation sites (N-methyl/N-ethyl adjacent to an activating group) is 3. The number of H-pyrrole nitrogens is 2. The summed E-state index contributed by atoms with van der Waals surface area (Å²) in [6, 6.07) is 4.57. The quantitative estimate of drug-likeness (QED) is 0.0145. The molecular formula is C97H137N23O21S. The van der Waals surface area contributed by atoms with Crippen LogP contribution in [0.2, 0.25) is 0 Å². The van der Waals surface area contributed by atoms with Gasteiger partial charge >= 0.3 is 0 Å². The molecule has 6 aromatic rings. The van der Waals surface area contributed by atoms with Crippen molar-refractivity contribution >= 4 is 140 Å². The molecule has 2 aromatic heterocycles. The van der Waals surface area contributed by atoms with Crippen molar-refractivity contribution in [2.24, 2.45) is 28.9 Å². The van der Waals surface area contributed by atoms with E-state index in [1.54, 1.807) is 86.8 Å². The van der Waals surface area contributed by atoms with Crippen LogP contribution in [0, 0.1) is 11.3 Å². The summed E-state index contributed by atoms with van der Waals surface area (Å²) in [7, 11) is 3.90. The molecule has 15 atom stereocenters. The Labute approximate surface area is 827 Å². The van der Waals surface area contributed by atoms with E-state index < -0.39 is 248 Å². The Balaban J connectivity index is 1.13. The number of guanidine groups is 1. The fraction of sp³-hybridized carbons (Fsp3) is 0.526. The van der Waals surface area contributed by atoms with Gasteiger partial charge in [0.2, 0.25) is 100 Å². The summed E-state index contributed by atoms with van der Waals surface area (Å²) in [4.78, 5) is 264. The molecule has 142 heavy (non-hydrogen) atoms. The first-order valence-electron chi connectivity index (χ1n) is 48.0. The van der Waals surface area contributed by atoms with Gasteiger partial charge in [0, 0.05) is 118 Å². The van der Waals surface area contributed by atoms with Crippen LogP contribution in [0.15, 0.2) is 103 Å². The Hall–Kier alpha value is -14.0. The van der Waals surface area contributed by atoms with Crippen LogP contribution >= 0.6 is 11.8 Å². The average molecular weight is 1990 g/mol. The van der Waals surface area contributed by atoms with Crippen molar-refractivity contribution in [1.29, 1.82) is 5.41 Å². The predicted molar refractivity (Wildman–Crippen MR) is 528 cm³/mol. The van der Waals surface area contributed by atoms with Crippen LogP contribution in [0.4, 0.5) is 0 Å². The number of fused-ring (bicyclic) bond motifs is 4. The van der Waals surface area contributed by atoms with E-state index in [2.05, 4.69) is 68.5 Å². The number of benzene rings is 4. The summed E-state index contributed by atoms with van der Waals surface area (Å²) in [6.07, 6.45) is -0.00656. The molecule has 5 heterocycles. The number of aliphatic hydroxyl groups is 2. The van der Waals surface area contributed by atoms with Crippen molar-refractivity contribution in [3.05, 3.63) is 120 Å². The molecule has 3 aliphatic heterocycles. The number of phenols is 1. The molecule has 3 fully saturated rings. The van der Waals surface area contributed by atoms with Gasteiger partial charge in [0.05, 0.1) is 38.0 Å². The van der Waals surface area contributed by atoms with Gasteiger partial charge in [-0.15, -0.1) is 11.8 Å². The number of nitrogens with zero attached hydrogens (tertiary/aromatic N) is 5. The highest BCUT2D eigenvalue weighted by atomic mass is 32.2. The van der Waals surface area contributed by atoms with Crippen LogP contribution in [0.25, 0.3) is 33.1 Å². The molecule has 3 saturated heterocycles. The van der Waals surface area contributed by atoms with Gasteiger partial charge in [-0.25, -0.2) is 0 Å². The molecule has 0 aliphatic carbocycles. The van der Waals surface area contributed by atoms with E-state index in [0.29, 0.717) is 94.2 Å². The van der Waals surface area contributed by atoms with E-state index in [0.717, 1.165) is 36.3 Å². The highest BCUT2D eigenvalue weighted by Crippen LogP contribution is 2.35. The van der Waals surface area contributed by atoms with Crippen molar-refractivity contribution < 1.29 is 102 Å². The van der Waals surface area contributed by atoms with Crippen molar-refractivity contribution in [3.8, 4) is 22.8 Å². The summed E-state index contributed by atoms with van der Waals surface area (Å²) >= 11 is 0.756. The minimum Gasteiger partial charge on any atom is -0.508 e. The Morgan fingerprint density at radius 1 is 0.570 bits per heavy atom. The van der Waals surface area contributed by atoms with Gasteiger partial charge in [0.1, 0.15) is 96.1 Å². The SMILES string of the molecule is CCCC[C@H]1C(=O)N(C)[C@@H](CCCC)C(=O)NC(CCCNC(=N)N)C(=O)N[C@H](C(=O)NCC(N)=O)CSCC(=O)N[C@@H](Cc2ccc(O)cc2)C(=O)N(C)[C@@H](C)C(=O)N[C@@H](CC(N)=O)C(=O)N2CCC[C@H]2C(=O)N[C@@H](CN)C(=O)N[C@@H](CC(C)C)C(=O)N2C[C@H](O)CC2C(=O)N[C@@H](Cc2c[nH]c3ccccc23)C(=O)N[C@@H](CO)C(=O)N[C@@H](Cc2c(-c3cccc(OCCC)c3)[nH]c3ccccc23)C(=O)N1C. The van der Waals surface area contributed by atoms with Gasteiger partial charge < -0.3 is 136 Å². The zero-order valence-corrected chi connectivity index (χ0v) is 82.4. The first-order chi connectivity index (χ1) is 67.7. The number of ether oxygens (including phenoxy) is 1. The molecule has 0 bridgehead atoms. The molecule has 44 nitrogen and oxygen atoms in total. The highest BCUT2D eigenvalue weighted by molar-refractivity contribution is 8.00. The van der Waals surface area contributed by atoms with Gasteiger partial charge in [-0.3, -0.25) is 86.9 Å². The number of primary amides is 2. The minimum absolute atomic E-state index is 0.0211. The van der Waals surface area contributed by atoms with E-state index in [1.165, 1.54) is 52.3 Å². The molecule has 772 valence electrons. The zero-order valence-electron chi connectivity index (χ0n) is 81.6. The maximum Gasteiger partial charge on any atom is 0.246 e. The molecule has 3 aliphatic rings. The van der Waals surface area contributed by atoms with Crippen molar-refractivity contribution in [3.63, 3.8) is 0 Å². The van der Waals surface area contributed by atoms with Crippen LogP contribution in [-0.2, 0) is 101 Å². The number of para-hydroxylation sites is 2. The molecule has 0 saturated carbocycles. The number of nitrogens with one attached hydrogen (secondary N) is 14. The van der Waals surface area contributed by atoms with Gasteiger partial charge in [-0.2, -0.15) is 0 Å². The van der Waals surface area contributed by atoms with Crippen LogP contribution in [0.1, 0.15) is 148 Å². The summed E-state index contributed by atoms with van der Waals surface area (Å²) in [5.41, 5.74) is 26.7. The Bertz CT molecular complexity index is 5480. The number of aliphatic hydroxyl groups excluding tert-OH is 2. The highest BCUT2D eigenvalue weighted by Gasteiger charge is 2.47. The molecule has 0 radical (unpaired) electrons. The minimum atomic E-state index is -1.94. The van der Waals surface area contributed by atoms with Gasteiger partial charge in [0.15, 0.2) is 5.96 Å². The zero-order chi connectivity index (χ0) is 104. The van der Waals surface area contributed by atoms with E-state index >= 15 is 38.4 Å². The normalized spacial score (nSPS) is 24.1. The number of phenolic OH excluding ortho intramolecular Hbond substituents is 1. The number of rotatable bonds is 29. The number of nitrogens with two attached hydrogens (primary N) is 4. The Morgan fingerprint density at radius 2 is 1.16 bits per heavy atom. The molecule has 2 unspecified atom stereocenters. The largest absolute Gasteiger partial charge is 0.508 e. The molecular weight excluding hydrogens is 1860 g/mol. The second-order valence-corrected chi connectivity index (χ2v) is 37.5. The predicted octanol–water partition coefficient (Wildman–Crippen LogP) is -1.48. The van der Waals surface area contributed by atoms with Crippen LogP contribution < -0.4 is 86.2 Å². The number of carbonyl (C=O) groups is 17. The third-order valence-electron chi connectivity index (χ3n) is 25.3. The number of aromatic amines is 2. The number of hydrogen-bond donors (Lipinski definition) is 21. The fourth-order valence-corrected chi connectivity index (χ4v) is 18.4. The molecule has 0 spiro atoms. The molecule has 25 N–H and O–H groups in total. The first-order valence-corrected chi connectivity index (χ1v) is 49.1. The number of thioether (sulfide) groups is 1. The lowest BCUT2D eigenvalue weighted by atomic mass is 9.96. The monoisotopic (exact) mass is 1990 g/mol. The second-order valence-electron chi connectivity index (χ2n) is 36.5. The third kappa shape index (κ3) is 30.8. The van der Waals surface area contributed by atoms with E-state index in [9.17, 15) is 58.5 Å². The lowest BCUT2D eigenvalue weighted by molar-refractivity contribution is -0.149. The third-order valence-corrected chi connectivity index (χ3v) is 26.3. The lowest BCUT2D eigenvalue weighted by Gasteiger charge is -2.36. The van der Waals surface area contributed by atoms with Crippen molar-refractivity contribution in [2.75, 3.05) is 78.6 Å². The number of amides is 17. The smallest absolute Gasteiger partial charge is 0.246 e. The number of hydrogen-bond acceptors (Lipinski definition) is 24. The van der Waals surface area contributed by atoms with Crippen LogP contribution in [-0.4, -0.2) is 325 Å². The summed E-state index contributed by atoms with van der Waals surface area (Å²) in [6.45, 7) is 7.63. The fourth-order valence-electron chi connectivity index (χ4n) is 17.5. The Morgan fingerprint density at radius 3 is 1.82 bits per heavy atom. The number of aromatic hydroxyl groups is 1. The average Bonchev–Trinajstić information content (AvgIpc) is 1.62. The molecule has 17 amide bonds. The topological polar surface area (TPSA) is 668 Å². The number of unbranched alkanes of at least 4 members (excludes halogenated alkanes) is 2. The van der Waals surface area contributed by atoms with Gasteiger partial charge in [-0.05, 0) is 117 Å². The molecule has 4 aromatic carbocycles. The van der Waals surface area contributed by atoms with E-state index in [4.69, 9.17) is 33.1 Å². The summed E-state index contributed by atoms with van der Waals surface area (Å²) in [5.74, 6) is -17.9. The molecule has 45 heteroatoms. The van der Waals surface area contributed by atoms with Gasteiger partial charge in [-0.1, -0.05) is 121 Å². The van der Waals surface area contributed by atoms with Gasteiger partial charge in [0.25, 0.3) is 0 Å². The van der Waals surface area contributed by atoms with Crippen LogP contribution in [0.5, 0.6) is 11.5 Å². The van der Waals surface area contributed by atoms with Crippen molar-refractivity contribution in [2.45, 2.75) is 241 Å². The first kappa shape index (κ1) is 112. The standard InChI is InChI=1S/C97H137N23O21S/c1-10-13-29-75-89(133)108-66(28-20-36-103-97(101)102)85(129)115-74(84(128)105-48-80(100)125)51-142-52-81(126)106-69(40-55-32-34-58(122)35-33-55)92(136)116(7)54(6)83(127)110-71(45-79(99)124)94(138)119-37-21-31-76(119)90(134)113-72(46-98)87(131)111-68(39-53(4)5)95(139)120-49-59(123)43-78(120)91(135)109-67(42-57-47-104-64-26-17-15-24-61(57)64)86(130)114-73(50-121)88(132)112-70(93(137)118(9)77(30-14-11-2)96(140)117(75)8)44-63-62-25-16-18-27-65(62)107-82(63)56-22-19-23-60(41-56)141-38-12-3/h15-19,22-27,32-35,41,47,53-54,59,66-78,104,107,121-123H,10-14,20-21,28-31,36-40,42-46,48-52,98H2,1-9H3,(H2,99,124)(H2,100,125)(H,105,128)(H,106,126)(H,108,133)(H,109,135)(H,110,127)(H,111,131)(H,112,132)(H,113,134)(H,114,130)(H,115,129)(H4,101,102,103)/t54-,59+,66?,67-,68-,69-,70-,71-,72-,73-,74-,75-,76-,77-,78?/m0/s1. The molecule has 9 rings (SSSR count). The second kappa shape index (κ2) is 53.6. The maximum absolute atomic E-state index is 16.3. The van der Waals surface area contributed by atoms with E-state index in [1.807, 2.05) is 26.8 Å². The maximum atomic E-state index is 16.3. The summed E-state index contributed by atoms with van der Waals surface area (Å²) < 4.78 is 6.09. The van der Waals surface area contributed by atoms with Crippen LogP contribution in [0.3, 0.4) is 0 Å². The number of aromatic nitrogens is 2. The van der Waals surface area contributed by atoms with Crippen molar-refractivity contribution in [1.82, 2.24) is 93.0 Å².